The van der Waals surface area contributed by atoms with E-state index in [9.17, 15) is 0 Å². The summed E-state index contributed by atoms with van der Waals surface area (Å²) in [4.78, 5) is 0. The Morgan fingerprint density at radius 2 is 1.52 bits per heavy atom. The predicted molar refractivity (Wildman–Crippen MR) is 97.5 cm³/mol. The first-order valence-electron chi connectivity index (χ1n) is 7.57. The summed E-state index contributed by atoms with van der Waals surface area (Å²) in [5.41, 5.74) is 4.95. The van der Waals surface area contributed by atoms with E-state index in [4.69, 9.17) is 17.0 Å². The van der Waals surface area contributed by atoms with Crippen LogP contribution >= 0.6 is 12.2 Å². The number of methoxy groups -OCH3 is 1. The third-order valence-electron chi connectivity index (χ3n) is 3.90. The Morgan fingerprint density at radius 1 is 0.913 bits per heavy atom. The minimum Gasteiger partial charge on any atom is -0.494 e. The standard InChI is InChI=1S/C20H19NOS/c1-15-5-9-17(10-6-15)18-11-7-16(8-12-18)14-21-13-3-4-19(22-2)20(21)23/h3-13H,14H2,1-2H3. The second-order valence-corrected chi connectivity index (χ2v) is 5.96. The molecule has 0 atom stereocenters. The average molecular weight is 321 g/mol. The maximum absolute atomic E-state index is 5.44. The molecule has 3 rings (SSSR count). The maximum Gasteiger partial charge on any atom is 0.153 e. The summed E-state index contributed by atoms with van der Waals surface area (Å²) in [5.74, 6) is 0.735. The summed E-state index contributed by atoms with van der Waals surface area (Å²) in [6.07, 6.45) is 1.98. The first-order valence-corrected chi connectivity index (χ1v) is 7.97. The van der Waals surface area contributed by atoms with Crippen LogP contribution in [0.5, 0.6) is 5.75 Å². The molecule has 3 heteroatoms. The molecule has 1 aromatic heterocycles. The molecule has 0 aliphatic carbocycles. The molecule has 2 nitrogen and oxygen atoms in total. The van der Waals surface area contributed by atoms with Crippen LogP contribution in [0.1, 0.15) is 11.1 Å². The van der Waals surface area contributed by atoms with Gasteiger partial charge in [-0.3, -0.25) is 0 Å². The van der Waals surface area contributed by atoms with Crippen LogP contribution in [0.15, 0.2) is 66.9 Å². The predicted octanol–water partition coefficient (Wildman–Crippen LogP) is 5.25. The van der Waals surface area contributed by atoms with Crippen LogP contribution in [0.2, 0.25) is 0 Å². The second kappa shape index (κ2) is 6.80. The molecule has 23 heavy (non-hydrogen) atoms. The minimum atomic E-state index is 0.720. The third-order valence-corrected chi connectivity index (χ3v) is 4.33. The molecule has 0 bridgehead atoms. The van der Waals surface area contributed by atoms with Crippen molar-refractivity contribution in [2.24, 2.45) is 0 Å². The fourth-order valence-corrected chi connectivity index (χ4v) is 2.82. The monoisotopic (exact) mass is 321 g/mol. The molecule has 0 radical (unpaired) electrons. The van der Waals surface area contributed by atoms with Crippen molar-refractivity contribution in [1.82, 2.24) is 4.57 Å². The molecule has 0 N–H and O–H groups in total. The molecule has 0 amide bonds. The summed E-state index contributed by atoms with van der Waals surface area (Å²) in [6.45, 7) is 2.84. The number of hydrogen-bond acceptors (Lipinski definition) is 2. The molecular formula is C20H19NOS. The Bertz CT molecular complexity index is 848. The summed E-state index contributed by atoms with van der Waals surface area (Å²) >= 11 is 5.44. The van der Waals surface area contributed by atoms with Crippen LogP contribution in [0.3, 0.4) is 0 Å². The van der Waals surface area contributed by atoms with Crippen molar-refractivity contribution in [2.45, 2.75) is 13.5 Å². The van der Waals surface area contributed by atoms with Crippen LogP contribution in [0.25, 0.3) is 11.1 Å². The Hall–Kier alpha value is -2.39. The lowest BCUT2D eigenvalue weighted by atomic mass is 10.0. The third kappa shape index (κ3) is 3.51. The summed E-state index contributed by atoms with van der Waals surface area (Å²) < 4.78 is 8.03. The smallest absolute Gasteiger partial charge is 0.153 e. The SMILES string of the molecule is COc1cccn(Cc2ccc(-c3ccc(C)cc3)cc2)c1=S. The van der Waals surface area contributed by atoms with Crippen molar-refractivity contribution >= 4 is 12.2 Å². The first kappa shape index (κ1) is 15.5. The number of aromatic nitrogens is 1. The van der Waals surface area contributed by atoms with Gasteiger partial charge in [0.25, 0.3) is 0 Å². The topological polar surface area (TPSA) is 14.2 Å². The molecule has 0 saturated carbocycles. The van der Waals surface area contributed by atoms with E-state index in [0.717, 1.165) is 16.9 Å². The lowest BCUT2D eigenvalue weighted by Gasteiger charge is -2.10. The van der Waals surface area contributed by atoms with Gasteiger partial charge < -0.3 is 9.30 Å². The Balaban J connectivity index is 1.83. The number of rotatable bonds is 4. The van der Waals surface area contributed by atoms with Gasteiger partial charge in [-0.15, -0.1) is 0 Å². The summed E-state index contributed by atoms with van der Waals surface area (Å²) in [7, 11) is 1.64. The van der Waals surface area contributed by atoms with Gasteiger partial charge in [0.1, 0.15) is 4.64 Å². The van der Waals surface area contributed by atoms with Crippen LogP contribution in [-0.2, 0) is 6.54 Å². The quantitative estimate of drug-likeness (QED) is 0.609. The van der Waals surface area contributed by atoms with E-state index in [-0.39, 0.29) is 0 Å². The molecule has 0 spiro atoms. The van der Waals surface area contributed by atoms with Gasteiger partial charge in [0, 0.05) is 12.7 Å². The maximum atomic E-state index is 5.44. The van der Waals surface area contributed by atoms with Crippen LogP contribution in [0.4, 0.5) is 0 Å². The molecular weight excluding hydrogens is 302 g/mol. The summed E-state index contributed by atoms with van der Waals surface area (Å²) in [5, 5.41) is 0. The number of aryl methyl sites for hydroxylation is 1. The highest BCUT2D eigenvalue weighted by molar-refractivity contribution is 7.71. The van der Waals surface area contributed by atoms with E-state index in [1.54, 1.807) is 7.11 Å². The lowest BCUT2D eigenvalue weighted by Crippen LogP contribution is -2.02. The van der Waals surface area contributed by atoms with E-state index in [1.807, 2.05) is 22.9 Å². The van der Waals surface area contributed by atoms with Crippen molar-refractivity contribution in [3.8, 4) is 16.9 Å². The Labute approximate surface area is 142 Å². The van der Waals surface area contributed by atoms with Crippen molar-refractivity contribution in [1.29, 1.82) is 0 Å². The van der Waals surface area contributed by atoms with E-state index in [0.29, 0.717) is 0 Å². The van der Waals surface area contributed by atoms with Gasteiger partial charge in [0.2, 0.25) is 0 Å². The van der Waals surface area contributed by atoms with Gasteiger partial charge in [0.05, 0.1) is 7.11 Å². The normalized spacial score (nSPS) is 10.5. The first-order chi connectivity index (χ1) is 11.2. The van der Waals surface area contributed by atoms with Gasteiger partial charge >= 0.3 is 0 Å². The molecule has 3 aromatic rings. The Morgan fingerprint density at radius 3 is 2.13 bits per heavy atom. The number of nitrogens with zero attached hydrogens (tertiary/aromatic N) is 1. The van der Waals surface area contributed by atoms with Gasteiger partial charge in [-0.05, 0) is 35.7 Å². The van der Waals surface area contributed by atoms with E-state index in [1.165, 1.54) is 22.3 Å². The number of hydrogen-bond donors (Lipinski definition) is 0. The molecule has 0 saturated heterocycles. The minimum absolute atomic E-state index is 0.720. The molecule has 1 heterocycles. The average Bonchev–Trinajstić information content (AvgIpc) is 2.58. The highest BCUT2D eigenvalue weighted by Gasteiger charge is 2.02. The van der Waals surface area contributed by atoms with Crippen molar-refractivity contribution in [3.63, 3.8) is 0 Å². The van der Waals surface area contributed by atoms with Crippen molar-refractivity contribution in [3.05, 3.63) is 82.6 Å². The number of ether oxygens (including phenoxy) is 1. The molecule has 0 aliphatic heterocycles. The van der Waals surface area contributed by atoms with Gasteiger partial charge in [-0.1, -0.05) is 66.3 Å². The largest absolute Gasteiger partial charge is 0.494 e. The van der Waals surface area contributed by atoms with Gasteiger partial charge in [0.15, 0.2) is 5.75 Å². The molecule has 0 aliphatic rings. The fraction of sp³-hybridized carbons (Fsp3) is 0.150. The lowest BCUT2D eigenvalue weighted by molar-refractivity contribution is 0.407. The Kier molecular flexibility index (Phi) is 4.58. The molecule has 0 fully saturated rings. The highest BCUT2D eigenvalue weighted by Crippen LogP contribution is 2.21. The van der Waals surface area contributed by atoms with Crippen LogP contribution < -0.4 is 4.74 Å². The van der Waals surface area contributed by atoms with Crippen LogP contribution in [-0.4, -0.2) is 11.7 Å². The fourth-order valence-electron chi connectivity index (χ4n) is 2.54. The van der Waals surface area contributed by atoms with Crippen molar-refractivity contribution in [2.75, 3.05) is 7.11 Å². The molecule has 0 unspecified atom stereocenters. The zero-order chi connectivity index (χ0) is 16.2. The van der Waals surface area contributed by atoms with Crippen molar-refractivity contribution < 1.29 is 4.74 Å². The van der Waals surface area contributed by atoms with E-state index >= 15 is 0 Å². The van der Waals surface area contributed by atoms with Gasteiger partial charge in [-0.25, -0.2) is 0 Å². The number of benzene rings is 2. The van der Waals surface area contributed by atoms with Gasteiger partial charge in [-0.2, -0.15) is 0 Å². The highest BCUT2D eigenvalue weighted by atomic mass is 32.1. The summed E-state index contributed by atoms with van der Waals surface area (Å²) in [6, 6.07) is 21.0. The number of pyridine rings is 1. The van der Waals surface area contributed by atoms with Crippen LogP contribution in [0, 0.1) is 11.6 Å². The second-order valence-electron chi connectivity index (χ2n) is 5.57. The molecule has 2 aromatic carbocycles. The van der Waals surface area contributed by atoms with E-state index in [2.05, 4.69) is 55.5 Å². The zero-order valence-corrected chi connectivity index (χ0v) is 14.1. The zero-order valence-electron chi connectivity index (χ0n) is 13.3. The van der Waals surface area contributed by atoms with E-state index < -0.39 is 0 Å². The molecule has 116 valence electrons.